The third-order valence-electron chi connectivity index (χ3n) is 4.54. The van der Waals surface area contributed by atoms with E-state index in [0.717, 1.165) is 11.3 Å². The van der Waals surface area contributed by atoms with Crippen molar-refractivity contribution in [3.8, 4) is 0 Å². The lowest BCUT2D eigenvalue weighted by atomic mass is 10.0. The van der Waals surface area contributed by atoms with Gasteiger partial charge in [0.2, 0.25) is 11.8 Å². The Kier molecular flexibility index (Phi) is 5.62. The summed E-state index contributed by atoms with van der Waals surface area (Å²) in [4.78, 5) is 24.4. The number of carbonyl (C=O) groups excluding carboxylic acids is 2. The van der Waals surface area contributed by atoms with Crippen LogP contribution in [0.5, 0.6) is 0 Å². The third-order valence-corrected chi connectivity index (χ3v) is 4.88. The molecular weight excluding hydrogens is 366 g/mol. The normalized spacial score (nSPS) is 22.7. The predicted molar refractivity (Wildman–Crippen MR) is 105 cm³/mol. The Bertz CT molecular complexity index is 892. The van der Waals surface area contributed by atoms with E-state index >= 15 is 0 Å². The molecule has 1 aromatic carbocycles. The van der Waals surface area contributed by atoms with Gasteiger partial charge in [-0.05, 0) is 31.6 Å². The number of anilines is 1. The van der Waals surface area contributed by atoms with Crippen LogP contribution in [-0.2, 0) is 9.59 Å². The summed E-state index contributed by atoms with van der Waals surface area (Å²) in [7, 11) is 0. The van der Waals surface area contributed by atoms with Crippen molar-refractivity contribution in [1.82, 2.24) is 20.4 Å². The topological polar surface area (TPSA) is 88.0 Å². The van der Waals surface area contributed by atoms with E-state index in [1.54, 1.807) is 22.9 Å². The second-order valence-electron chi connectivity index (χ2n) is 6.61. The van der Waals surface area contributed by atoms with Gasteiger partial charge in [-0.1, -0.05) is 36.7 Å². The molecule has 142 valence electrons. The number of rotatable bonds is 4. The van der Waals surface area contributed by atoms with Crippen LogP contribution in [0, 0.1) is 12.8 Å². The van der Waals surface area contributed by atoms with Crippen LogP contribution in [0.3, 0.4) is 0 Å². The van der Waals surface area contributed by atoms with Crippen molar-refractivity contribution in [2.45, 2.75) is 33.1 Å². The van der Waals surface area contributed by atoms with Crippen molar-refractivity contribution in [3.05, 3.63) is 52.7 Å². The number of nitrogens with zero attached hydrogens (tertiary/aromatic N) is 2. The maximum absolute atomic E-state index is 12.3. The van der Waals surface area contributed by atoms with Gasteiger partial charge in [0.1, 0.15) is 5.82 Å². The number of nitrogens with one attached hydrogen (secondary N) is 3. The first-order valence-electron chi connectivity index (χ1n) is 8.71. The van der Waals surface area contributed by atoms with Crippen molar-refractivity contribution in [2.24, 2.45) is 5.92 Å². The maximum Gasteiger partial charge on any atom is 0.249 e. The van der Waals surface area contributed by atoms with Gasteiger partial charge in [-0.2, -0.15) is 5.10 Å². The van der Waals surface area contributed by atoms with Crippen molar-refractivity contribution in [3.63, 3.8) is 0 Å². The highest BCUT2D eigenvalue weighted by Gasteiger charge is 2.32. The minimum Gasteiger partial charge on any atom is -0.322 e. The molecule has 3 rings (SSSR count). The molecule has 0 spiro atoms. The van der Waals surface area contributed by atoms with Crippen molar-refractivity contribution < 1.29 is 9.59 Å². The molecule has 0 bridgehead atoms. The highest BCUT2D eigenvalue weighted by molar-refractivity contribution is 6.32. The lowest BCUT2D eigenvalue weighted by Gasteiger charge is -2.34. The fraction of sp³-hybridized carbons (Fsp3) is 0.316. The molecule has 0 radical (unpaired) electrons. The Morgan fingerprint density at radius 3 is 2.78 bits per heavy atom. The van der Waals surface area contributed by atoms with Crippen LogP contribution >= 0.6 is 11.6 Å². The number of hydrogen-bond acceptors (Lipinski definition) is 4. The van der Waals surface area contributed by atoms with Crippen LogP contribution in [0.4, 0.5) is 5.82 Å². The Morgan fingerprint density at radius 2 is 2.07 bits per heavy atom. The summed E-state index contributed by atoms with van der Waals surface area (Å²) in [5, 5.41) is 13.9. The largest absolute Gasteiger partial charge is 0.322 e. The molecule has 7 nitrogen and oxygen atoms in total. The van der Waals surface area contributed by atoms with E-state index in [1.807, 2.05) is 39.0 Å². The van der Waals surface area contributed by atoms with Crippen LogP contribution < -0.4 is 16.0 Å². The van der Waals surface area contributed by atoms with E-state index in [0.29, 0.717) is 10.8 Å². The molecule has 1 saturated heterocycles. The average Bonchev–Trinajstić information content (AvgIpc) is 2.98. The van der Waals surface area contributed by atoms with E-state index in [9.17, 15) is 9.59 Å². The maximum atomic E-state index is 12.3. The Morgan fingerprint density at radius 1 is 1.33 bits per heavy atom. The van der Waals surface area contributed by atoms with Crippen LogP contribution in [0.25, 0.3) is 6.08 Å². The monoisotopic (exact) mass is 387 g/mol. The van der Waals surface area contributed by atoms with Gasteiger partial charge in [0, 0.05) is 23.2 Å². The zero-order chi connectivity index (χ0) is 19.6. The van der Waals surface area contributed by atoms with E-state index in [-0.39, 0.29) is 23.8 Å². The third kappa shape index (κ3) is 4.37. The number of halogens is 1. The molecule has 2 amide bonds. The summed E-state index contributed by atoms with van der Waals surface area (Å²) >= 11 is 6.09. The highest BCUT2D eigenvalue weighted by atomic mass is 35.5. The van der Waals surface area contributed by atoms with Gasteiger partial charge >= 0.3 is 0 Å². The fourth-order valence-electron chi connectivity index (χ4n) is 2.81. The first-order valence-corrected chi connectivity index (χ1v) is 9.09. The fourth-order valence-corrected chi connectivity index (χ4v) is 3.01. The molecule has 0 saturated carbocycles. The Hall–Kier alpha value is -2.64. The molecule has 3 atom stereocenters. The summed E-state index contributed by atoms with van der Waals surface area (Å²) in [6, 6.07) is 8.99. The average molecular weight is 388 g/mol. The SMILES string of the molecule is Cc1cc(NC(=O)/C=C/c2ccccc2Cl)n(C2NC(=O)C(C)C(C)N2)n1. The quantitative estimate of drug-likeness (QED) is 0.704. The molecule has 3 unspecified atom stereocenters. The summed E-state index contributed by atoms with van der Waals surface area (Å²) in [5.74, 6) is -0.0368. The zero-order valence-corrected chi connectivity index (χ0v) is 16.1. The van der Waals surface area contributed by atoms with Gasteiger partial charge in [0.25, 0.3) is 0 Å². The molecule has 1 aromatic heterocycles. The van der Waals surface area contributed by atoms with Gasteiger partial charge in [-0.25, -0.2) is 4.68 Å². The van der Waals surface area contributed by atoms with Gasteiger partial charge in [0.15, 0.2) is 6.29 Å². The molecule has 1 fully saturated rings. The van der Waals surface area contributed by atoms with E-state index in [1.165, 1.54) is 6.08 Å². The Labute approximate surface area is 162 Å². The zero-order valence-electron chi connectivity index (χ0n) is 15.4. The molecular formula is C19H22ClN5O2. The van der Waals surface area contributed by atoms with Crippen LogP contribution in [0.1, 0.15) is 31.4 Å². The molecule has 1 aliphatic heterocycles. The van der Waals surface area contributed by atoms with Gasteiger partial charge in [-0.3, -0.25) is 14.9 Å². The first kappa shape index (κ1) is 19.1. The molecule has 0 aliphatic carbocycles. The number of amides is 2. The predicted octanol–water partition coefficient (Wildman–Crippen LogP) is 2.70. The number of aromatic nitrogens is 2. The molecule has 1 aliphatic rings. The molecule has 2 aromatic rings. The van der Waals surface area contributed by atoms with Crippen LogP contribution in [0.15, 0.2) is 36.4 Å². The van der Waals surface area contributed by atoms with Crippen LogP contribution in [-0.4, -0.2) is 27.6 Å². The Balaban J connectivity index is 1.75. The summed E-state index contributed by atoms with van der Waals surface area (Å²) in [6.45, 7) is 5.62. The summed E-state index contributed by atoms with van der Waals surface area (Å²) in [6.07, 6.45) is 2.53. The van der Waals surface area contributed by atoms with Crippen molar-refractivity contribution in [2.75, 3.05) is 5.32 Å². The van der Waals surface area contributed by atoms with E-state index < -0.39 is 6.29 Å². The number of aryl methyl sites for hydroxylation is 1. The number of carbonyl (C=O) groups is 2. The van der Waals surface area contributed by atoms with E-state index in [4.69, 9.17) is 11.6 Å². The van der Waals surface area contributed by atoms with Gasteiger partial charge in [0.05, 0.1) is 11.6 Å². The lowest BCUT2D eigenvalue weighted by Crippen LogP contribution is -2.57. The summed E-state index contributed by atoms with van der Waals surface area (Å²) < 4.78 is 1.57. The highest BCUT2D eigenvalue weighted by Crippen LogP contribution is 2.20. The second kappa shape index (κ2) is 7.94. The minimum absolute atomic E-state index is 0.0167. The molecule has 2 heterocycles. The van der Waals surface area contributed by atoms with Crippen molar-refractivity contribution >= 4 is 35.3 Å². The molecule has 27 heavy (non-hydrogen) atoms. The summed E-state index contributed by atoms with van der Waals surface area (Å²) in [5.41, 5.74) is 1.48. The van der Waals surface area contributed by atoms with Gasteiger partial charge < -0.3 is 10.6 Å². The second-order valence-corrected chi connectivity index (χ2v) is 7.02. The smallest absolute Gasteiger partial charge is 0.249 e. The van der Waals surface area contributed by atoms with Gasteiger partial charge in [-0.15, -0.1) is 0 Å². The lowest BCUT2D eigenvalue weighted by molar-refractivity contribution is -0.130. The minimum atomic E-state index is -0.528. The standard InChI is InChI=1S/C19H22ClN5O2/c1-11-10-16(22-17(26)9-8-14-6-4-5-7-15(14)20)25(24-11)19-21-13(3)12(2)18(27)23-19/h4-10,12-13,19,21H,1-3H3,(H,22,26)(H,23,27)/b9-8+. The number of hydrogen-bond donors (Lipinski definition) is 3. The van der Waals surface area contributed by atoms with E-state index in [2.05, 4.69) is 21.0 Å². The first-order chi connectivity index (χ1) is 12.8. The molecule has 8 heteroatoms. The van der Waals surface area contributed by atoms with Crippen LogP contribution in [0.2, 0.25) is 5.02 Å². The number of benzene rings is 1. The molecule has 3 N–H and O–H groups in total. The van der Waals surface area contributed by atoms with Crippen molar-refractivity contribution in [1.29, 1.82) is 0 Å².